The molecule has 1 amide bonds. The van der Waals surface area contributed by atoms with Gasteiger partial charge < -0.3 is 10.1 Å². The second kappa shape index (κ2) is 10.3. The smallest absolute Gasteiger partial charge is 0.257 e. The quantitative estimate of drug-likeness (QED) is 0.708. The number of aryl methyl sites for hydroxylation is 1. The number of carbonyl (C=O) groups is 1. The van der Waals surface area contributed by atoms with Crippen molar-refractivity contribution in [1.29, 1.82) is 0 Å². The van der Waals surface area contributed by atoms with Crippen molar-refractivity contribution < 1.29 is 9.53 Å². The van der Waals surface area contributed by atoms with Crippen LogP contribution in [0.1, 0.15) is 52.0 Å². The highest BCUT2D eigenvalue weighted by molar-refractivity contribution is 5.77. The maximum Gasteiger partial charge on any atom is 0.257 e. The van der Waals surface area contributed by atoms with Gasteiger partial charge in [0.1, 0.15) is 5.75 Å². The van der Waals surface area contributed by atoms with E-state index in [4.69, 9.17) is 4.74 Å². The van der Waals surface area contributed by atoms with Crippen LogP contribution in [0.15, 0.2) is 24.3 Å². The summed E-state index contributed by atoms with van der Waals surface area (Å²) in [5, 5.41) is 2.97. The van der Waals surface area contributed by atoms with Crippen LogP contribution in [0.4, 0.5) is 0 Å². The molecule has 0 bridgehead atoms. The van der Waals surface area contributed by atoms with E-state index in [1.165, 1.54) is 24.8 Å². The van der Waals surface area contributed by atoms with E-state index >= 15 is 0 Å². The minimum absolute atomic E-state index is 0.0375. The Bertz CT molecular complexity index is 400. The van der Waals surface area contributed by atoms with Gasteiger partial charge in [0, 0.05) is 6.54 Å². The topological polar surface area (TPSA) is 38.3 Å². The Labute approximate surface area is 129 Å². The highest BCUT2D eigenvalue weighted by atomic mass is 16.5. The molecule has 0 aromatic heterocycles. The molecule has 0 spiro atoms. The van der Waals surface area contributed by atoms with Crippen LogP contribution in [0, 0.1) is 5.92 Å². The minimum Gasteiger partial charge on any atom is -0.484 e. The Morgan fingerprint density at radius 1 is 1.19 bits per heavy atom. The Balaban J connectivity index is 2.26. The lowest BCUT2D eigenvalue weighted by atomic mass is 9.99. The number of hydrogen-bond donors (Lipinski definition) is 1. The summed E-state index contributed by atoms with van der Waals surface area (Å²) in [6, 6.07) is 7.90. The summed E-state index contributed by atoms with van der Waals surface area (Å²) in [4.78, 5) is 11.8. The van der Waals surface area contributed by atoms with Gasteiger partial charge in [-0.2, -0.15) is 0 Å². The summed E-state index contributed by atoms with van der Waals surface area (Å²) in [6.45, 7) is 7.34. The van der Waals surface area contributed by atoms with Crippen molar-refractivity contribution in [2.24, 2.45) is 5.92 Å². The first-order chi connectivity index (χ1) is 10.2. The first-order valence-corrected chi connectivity index (χ1v) is 8.18. The van der Waals surface area contributed by atoms with Crippen LogP contribution < -0.4 is 10.1 Å². The van der Waals surface area contributed by atoms with Gasteiger partial charge in [0.25, 0.3) is 5.91 Å². The van der Waals surface area contributed by atoms with Crippen LogP contribution in [0.2, 0.25) is 0 Å². The number of carbonyl (C=O) groups excluding carboxylic acids is 1. The molecule has 1 atom stereocenters. The summed E-state index contributed by atoms with van der Waals surface area (Å²) in [5.74, 6) is 1.29. The van der Waals surface area contributed by atoms with E-state index in [-0.39, 0.29) is 12.5 Å². The fraction of sp³-hybridized carbons (Fsp3) is 0.611. The average molecular weight is 291 g/mol. The Kier molecular flexibility index (Phi) is 8.56. The molecule has 0 unspecified atom stereocenters. The van der Waals surface area contributed by atoms with E-state index in [0.717, 1.165) is 25.1 Å². The van der Waals surface area contributed by atoms with Crippen LogP contribution in [0.25, 0.3) is 0 Å². The standard InChI is InChI=1S/C18H29NO2/c1-4-7-8-16(6-3)13-19-18(20)14-21-17-11-9-15(5-2)10-12-17/h9-12,16H,4-8,13-14H2,1-3H3,(H,19,20)/t16-/m1/s1. The van der Waals surface area contributed by atoms with Crippen LogP contribution in [-0.2, 0) is 11.2 Å². The number of amides is 1. The maximum absolute atomic E-state index is 11.8. The molecule has 0 fully saturated rings. The molecule has 1 rings (SSSR count). The van der Waals surface area contributed by atoms with Crippen molar-refractivity contribution >= 4 is 5.91 Å². The normalized spacial score (nSPS) is 12.0. The average Bonchev–Trinajstić information content (AvgIpc) is 2.53. The lowest BCUT2D eigenvalue weighted by Gasteiger charge is -2.15. The third-order valence-electron chi connectivity index (χ3n) is 3.83. The van der Waals surface area contributed by atoms with Gasteiger partial charge in [-0.3, -0.25) is 4.79 Å². The van der Waals surface area contributed by atoms with E-state index in [0.29, 0.717) is 5.92 Å². The molecule has 1 N–H and O–H groups in total. The predicted molar refractivity (Wildman–Crippen MR) is 87.6 cm³/mol. The summed E-state index contributed by atoms with van der Waals surface area (Å²) >= 11 is 0. The Hall–Kier alpha value is -1.51. The van der Waals surface area contributed by atoms with Gasteiger partial charge in [-0.15, -0.1) is 0 Å². The van der Waals surface area contributed by atoms with Crippen molar-refractivity contribution in [3.63, 3.8) is 0 Å². The SMILES string of the molecule is CCCC[C@@H](CC)CNC(=O)COc1ccc(CC)cc1. The zero-order valence-corrected chi connectivity index (χ0v) is 13.7. The minimum atomic E-state index is -0.0375. The van der Waals surface area contributed by atoms with Gasteiger partial charge in [-0.05, 0) is 36.5 Å². The zero-order chi connectivity index (χ0) is 15.5. The summed E-state index contributed by atoms with van der Waals surface area (Å²) in [6.07, 6.45) is 5.75. The third kappa shape index (κ3) is 7.16. The predicted octanol–water partition coefficient (Wildman–Crippen LogP) is 3.96. The Morgan fingerprint density at radius 3 is 2.48 bits per heavy atom. The lowest BCUT2D eigenvalue weighted by Crippen LogP contribution is -2.33. The number of benzene rings is 1. The summed E-state index contributed by atoms with van der Waals surface area (Å²) < 4.78 is 5.50. The highest BCUT2D eigenvalue weighted by Crippen LogP contribution is 2.13. The zero-order valence-electron chi connectivity index (χ0n) is 13.7. The molecule has 0 aliphatic heterocycles. The number of rotatable bonds is 10. The second-order valence-electron chi connectivity index (χ2n) is 5.51. The molecule has 3 heteroatoms. The van der Waals surface area contributed by atoms with Crippen LogP contribution >= 0.6 is 0 Å². The fourth-order valence-electron chi connectivity index (χ4n) is 2.22. The van der Waals surface area contributed by atoms with Crippen molar-refractivity contribution in [2.45, 2.75) is 52.9 Å². The number of ether oxygens (including phenoxy) is 1. The summed E-state index contributed by atoms with van der Waals surface area (Å²) in [5.41, 5.74) is 1.27. The number of unbranched alkanes of at least 4 members (excludes halogenated alkanes) is 1. The Morgan fingerprint density at radius 2 is 1.90 bits per heavy atom. The van der Waals surface area contributed by atoms with Gasteiger partial charge in [-0.25, -0.2) is 0 Å². The monoisotopic (exact) mass is 291 g/mol. The largest absolute Gasteiger partial charge is 0.484 e. The molecule has 0 saturated carbocycles. The van der Waals surface area contributed by atoms with E-state index < -0.39 is 0 Å². The van der Waals surface area contributed by atoms with Gasteiger partial charge in [0.2, 0.25) is 0 Å². The van der Waals surface area contributed by atoms with Crippen molar-refractivity contribution in [1.82, 2.24) is 5.32 Å². The molecular formula is C18H29NO2. The van der Waals surface area contributed by atoms with E-state index in [2.05, 4.69) is 26.1 Å². The van der Waals surface area contributed by atoms with Gasteiger partial charge in [0.15, 0.2) is 6.61 Å². The van der Waals surface area contributed by atoms with Gasteiger partial charge >= 0.3 is 0 Å². The maximum atomic E-state index is 11.8. The van der Waals surface area contributed by atoms with Crippen molar-refractivity contribution in [3.05, 3.63) is 29.8 Å². The summed E-state index contributed by atoms with van der Waals surface area (Å²) in [7, 11) is 0. The fourth-order valence-corrected chi connectivity index (χ4v) is 2.22. The molecule has 0 saturated heterocycles. The van der Waals surface area contributed by atoms with E-state index in [1.807, 2.05) is 24.3 Å². The van der Waals surface area contributed by atoms with Gasteiger partial charge in [-0.1, -0.05) is 52.2 Å². The first-order valence-electron chi connectivity index (χ1n) is 8.18. The van der Waals surface area contributed by atoms with Crippen molar-refractivity contribution in [2.75, 3.05) is 13.2 Å². The van der Waals surface area contributed by atoms with Gasteiger partial charge in [0.05, 0.1) is 0 Å². The molecule has 0 aliphatic carbocycles. The molecule has 0 heterocycles. The van der Waals surface area contributed by atoms with E-state index in [1.54, 1.807) is 0 Å². The molecule has 1 aromatic rings. The van der Waals surface area contributed by atoms with Crippen LogP contribution in [0.5, 0.6) is 5.75 Å². The lowest BCUT2D eigenvalue weighted by molar-refractivity contribution is -0.123. The highest BCUT2D eigenvalue weighted by Gasteiger charge is 2.08. The molecule has 21 heavy (non-hydrogen) atoms. The first kappa shape index (κ1) is 17.5. The van der Waals surface area contributed by atoms with Crippen LogP contribution in [0.3, 0.4) is 0 Å². The number of hydrogen-bond acceptors (Lipinski definition) is 2. The van der Waals surface area contributed by atoms with Crippen LogP contribution in [-0.4, -0.2) is 19.1 Å². The molecule has 1 aromatic carbocycles. The molecule has 3 nitrogen and oxygen atoms in total. The third-order valence-corrected chi connectivity index (χ3v) is 3.83. The van der Waals surface area contributed by atoms with E-state index in [9.17, 15) is 4.79 Å². The molecule has 0 radical (unpaired) electrons. The molecule has 0 aliphatic rings. The number of nitrogens with one attached hydrogen (secondary N) is 1. The molecular weight excluding hydrogens is 262 g/mol. The molecule has 118 valence electrons. The van der Waals surface area contributed by atoms with Crippen molar-refractivity contribution in [3.8, 4) is 5.75 Å². The second-order valence-corrected chi connectivity index (χ2v) is 5.51.